The Labute approximate surface area is 117 Å². The van der Waals surface area contributed by atoms with Crippen molar-refractivity contribution in [1.29, 1.82) is 0 Å². The van der Waals surface area contributed by atoms with Crippen LogP contribution in [0.15, 0.2) is 54.6 Å². The second kappa shape index (κ2) is 5.27. The standard InChI is InChI=1S/C17H17Br/c18-17(14-8-2-1-3-9-14)16-12-6-10-13-7-4-5-11-15(13)16/h1-5,7-9,11,16-17H,6,10,12H2. The van der Waals surface area contributed by atoms with Crippen molar-refractivity contribution in [2.24, 2.45) is 0 Å². The van der Waals surface area contributed by atoms with Crippen LogP contribution < -0.4 is 0 Å². The van der Waals surface area contributed by atoms with Crippen LogP contribution in [0.25, 0.3) is 0 Å². The van der Waals surface area contributed by atoms with Crippen LogP contribution in [-0.4, -0.2) is 0 Å². The average Bonchev–Trinajstić information content (AvgIpc) is 2.47. The fraction of sp³-hybridized carbons (Fsp3) is 0.294. The summed E-state index contributed by atoms with van der Waals surface area (Å²) >= 11 is 3.92. The van der Waals surface area contributed by atoms with Crippen LogP contribution in [0.4, 0.5) is 0 Å². The Morgan fingerprint density at radius 1 is 0.944 bits per heavy atom. The lowest BCUT2D eigenvalue weighted by Crippen LogP contribution is -2.13. The fourth-order valence-corrected chi connectivity index (χ4v) is 3.82. The molecule has 0 N–H and O–H groups in total. The third-order valence-electron chi connectivity index (χ3n) is 3.89. The van der Waals surface area contributed by atoms with Gasteiger partial charge in [-0.15, -0.1) is 0 Å². The third kappa shape index (κ3) is 2.24. The molecule has 2 aromatic rings. The average molecular weight is 301 g/mol. The van der Waals surface area contributed by atoms with Crippen LogP contribution in [0.1, 0.15) is 40.3 Å². The fourth-order valence-electron chi connectivity index (χ4n) is 2.96. The maximum Gasteiger partial charge on any atom is 0.0463 e. The maximum atomic E-state index is 3.92. The lowest BCUT2D eigenvalue weighted by atomic mass is 9.79. The predicted molar refractivity (Wildman–Crippen MR) is 80.2 cm³/mol. The van der Waals surface area contributed by atoms with Crippen LogP contribution in [0.3, 0.4) is 0 Å². The number of halogens is 1. The van der Waals surface area contributed by atoms with E-state index in [9.17, 15) is 0 Å². The van der Waals surface area contributed by atoms with Gasteiger partial charge in [-0.3, -0.25) is 0 Å². The molecule has 2 unspecified atom stereocenters. The number of alkyl halides is 1. The van der Waals surface area contributed by atoms with Gasteiger partial charge in [0.2, 0.25) is 0 Å². The van der Waals surface area contributed by atoms with E-state index >= 15 is 0 Å². The van der Waals surface area contributed by atoms with Crippen LogP contribution in [0.5, 0.6) is 0 Å². The van der Waals surface area contributed by atoms with Crippen molar-refractivity contribution in [1.82, 2.24) is 0 Å². The van der Waals surface area contributed by atoms with Crippen molar-refractivity contribution < 1.29 is 0 Å². The summed E-state index contributed by atoms with van der Waals surface area (Å²) in [6.07, 6.45) is 3.82. The highest BCUT2D eigenvalue weighted by Gasteiger charge is 2.26. The molecular weight excluding hydrogens is 284 g/mol. The molecule has 0 amide bonds. The van der Waals surface area contributed by atoms with Crippen molar-refractivity contribution in [3.63, 3.8) is 0 Å². The first-order valence-corrected chi connectivity index (χ1v) is 7.54. The van der Waals surface area contributed by atoms with E-state index < -0.39 is 0 Å². The molecule has 2 atom stereocenters. The zero-order chi connectivity index (χ0) is 12.4. The van der Waals surface area contributed by atoms with E-state index in [2.05, 4.69) is 70.5 Å². The van der Waals surface area contributed by atoms with Gasteiger partial charge in [-0.05, 0) is 36.0 Å². The Morgan fingerprint density at radius 2 is 1.67 bits per heavy atom. The van der Waals surface area contributed by atoms with Gasteiger partial charge in [0.05, 0.1) is 0 Å². The normalized spacial score (nSPS) is 20.2. The van der Waals surface area contributed by atoms with Crippen LogP contribution in [-0.2, 0) is 6.42 Å². The van der Waals surface area contributed by atoms with Gasteiger partial charge >= 0.3 is 0 Å². The van der Waals surface area contributed by atoms with E-state index in [-0.39, 0.29) is 0 Å². The van der Waals surface area contributed by atoms with Crippen LogP contribution in [0.2, 0.25) is 0 Å². The second-order valence-corrected chi connectivity index (χ2v) is 6.00. The highest BCUT2D eigenvalue weighted by atomic mass is 79.9. The summed E-state index contributed by atoms with van der Waals surface area (Å²) in [7, 11) is 0. The molecule has 0 heterocycles. The highest BCUT2D eigenvalue weighted by molar-refractivity contribution is 9.09. The van der Waals surface area contributed by atoms with Gasteiger partial charge in [-0.2, -0.15) is 0 Å². The van der Waals surface area contributed by atoms with Gasteiger partial charge in [-0.25, -0.2) is 0 Å². The summed E-state index contributed by atoms with van der Waals surface area (Å²) in [5.41, 5.74) is 4.46. The molecule has 0 fully saturated rings. The SMILES string of the molecule is BrC(c1ccccc1)C1CCCc2ccccc21. The van der Waals surface area contributed by atoms with Gasteiger partial charge in [0.15, 0.2) is 0 Å². The quantitative estimate of drug-likeness (QED) is 0.665. The van der Waals surface area contributed by atoms with E-state index in [4.69, 9.17) is 0 Å². The Bertz CT molecular complexity index is 518. The first-order valence-electron chi connectivity index (χ1n) is 6.63. The third-order valence-corrected chi connectivity index (χ3v) is 5.05. The Kier molecular flexibility index (Phi) is 3.51. The van der Waals surface area contributed by atoms with E-state index in [0.717, 1.165) is 0 Å². The number of benzene rings is 2. The monoisotopic (exact) mass is 300 g/mol. The van der Waals surface area contributed by atoms with Gasteiger partial charge in [0, 0.05) is 10.7 Å². The summed E-state index contributed by atoms with van der Waals surface area (Å²) in [6, 6.07) is 19.7. The van der Waals surface area contributed by atoms with Gasteiger partial charge in [0.1, 0.15) is 0 Å². The predicted octanol–water partition coefficient (Wildman–Crippen LogP) is 5.24. The first kappa shape index (κ1) is 12.0. The molecule has 0 aliphatic heterocycles. The minimum absolute atomic E-state index is 0.431. The summed E-state index contributed by atoms with van der Waals surface area (Å²) in [4.78, 5) is 0.431. The summed E-state index contributed by atoms with van der Waals surface area (Å²) < 4.78 is 0. The maximum absolute atomic E-state index is 3.92. The topological polar surface area (TPSA) is 0 Å². The number of hydrogen-bond donors (Lipinski definition) is 0. The van der Waals surface area contributed by atoms with Gasteiger partial charge in [0.25, 0.3) is 0 Å². The molecule has 2 aromatic carbocycles. The largest absolute Gasteiger partial charge is 0.0832 e. The smallest absolute Gasteiger partial charge is 0.0463 e. The van der Waals surface area contributed by atoms with Crippen molar-refractivity contribution >= 4 is 15.9 Å². The molecular formula is C17H17Br. The molecule has 0 aromatic heterocycles. The molecule has 1 heteroatoms. The lowest BCUT2D eigenvalue weighted by molar-refractivity contribution is 0.547. The molecule has 0 saturated carbocycles. The molecule has 1 aliphatic rings. The van der Waals surface area contributed by atoms with Crippen molar-refractivity contribution in [3.05, 3.63) is 71.3 Å². The van der Waals surface area contributed by atoms with E-state index in [1.165, 1.54) is 36.0 Å². The van der Waals surface area contributed by atoms with Gasteiger partial charge < -0.3 is 0 Å². The zero-order valence-electron chi connectivity index (χ0n) is 10.4. The first-order chi connectivity index (χ1) is 8.86. The second-order valence-electron chi connectivity index (χ2n) is 5.01. The minimum Gasteiger partial charge on any atom is -0.0832 e. The Morgan fingerprint density at radius 3 is 2.50 bits per heavy atom. The van der Waals surface area contributed by atoms with Crippen molar-refractivity contribution in [2.75, 3.05) is 0 Å². The van der Waals surface area contributed by atoms with Crippen LogP contribution >= 0.6 is 15.9 Å². The van der Waals surface area contributed by atoms with Crippen molar-refractivity contribution in [3.8, 4) is 0 Å². The number of hydrogen-bond acceptors (Lipinski definition) is 0. The summed E-state index contributed by atoms with van der Waals surface area (Å²) in [5.74, 6) is 0.609. The molecule has 3 rings (SSSR count). The Hall–Kier alpha value is -1.08. The van der Waals surface area contributed by atoms with E-state index in [1.807, 2.05) is 0 Å². The number of fused-ring (bicyclic) bond motifs is 1. The molecule has 0 nitrogen and oxygen atoms in total. The summed E-state index contributed by atoms with van der Waals surface area (Å²) in [5, 5.41) is 0. The van der Waals surface area contributed by atoms with E-state index in [1.54, 1.807) is 0 Å². The van der Waals surface area contributed by atoms with Crippen molar-refractivity contribution in [2.45, 2.75) is 30.0 Å². The van der Waals surface area contributed by atoms with Gasteiger partial charge in [-0.1, -0.05) is 70.5 Å². The molecule has 1 aliphatic carbocycles. The van der Waals surface area contributed by atoms with E-state index in [0.29, 0.717) is 10.7 Å². The molecule has 0 bridgehead atoms. The molecule has 18 heavy (non-hydrogen) atoms. The number of rotatable bonds is 2. The molecule has 0 saturated heterocycles. The minimum atomic E-state index is 0.431. The molecule has 0 radical (unpaired) electrons. The summed E-state index contributed by atoms with van der Waals surface area (Å²) in [6.45, 7) is 0. The lowest BCUT2D eigenvalue weighted by Gasteiger charge is -2.29. The molecule has 92 valence electrons. The number of aryl methyl sites for hydroxylation is 1. The molecule has 0 spiro atoms. The zero-order valence-corrected chi connectivity index (χ0v) is 11.9. The van der Waals surface area contributed by atoms with Crippen LogP contribution in [0, 0.1) is 0 Å². The highest BCUT2D eigenvalue weighted by Crippen LogP contribution is 2.44. The Balaban J connectivity index is 1.94.